The van der Waals surface area contributed by atoms with Gasteiger partial charge in [0, 0.05) is 0 Å². The smallest absolute Gasteiger partial charge is 0.339 e. The highest BCUT2D eigenvalue weighted by molar-refractivity contribution is 5.73. The first-order valence-corrected chi connectivity index (χ1v) is 6.49. The normalized spacial score (nSPS) is 17.6. The number of carbonyl (C=O) groups excluding carboxylic acids is 1. The maximum absolute atomic E-state index is 11.7. The van der Waals surface area contributed by atoms with Gasteiger partial charge in [0.2, 0.25) is 0 Å². The largest absolute Gasteiger partial charge is 0.394 e. The Kier molecular flexibility index (Phi) is 4.39. The summed E-state index contributed by atoms with van der Waals surface area (Å²) in [6.45, 7) is 2.10. The summed E-state index contributed by atoms with van der Waals surface area (Å²) < 4.78 is 0. The summed E-state index contributed by atoms with van der Waals surface area (Å²) >= 11 is 0. The fourth-order valence-electron chi connectivity index (χ4n) is 2.04. The molecule has 19 heavy (non-hydrogen) atoms. The number of nitrogens with one attached hydrogen (secondary N) is 2. The number of aliphatic hydroxyl groups is 1. The van der Waals surface area contributed by atoms with Crippen LogP contribution in [0.4, 0.5) is 4.79 Å². The van der Waals surface area contributed by atoms with Crippen molar-refractivity contribution in [1.29, 1.82) is 0 Å². The monoisotopic (exact) mass is 264 g/mol. The molecule has 0 bridgehead atoms. The van der Waals surface area contributed by atoms with Crippen molar-refractivity contribution in [3.8, 4) is 0 Å². The van der Waals surface area contributed by atoms with Crippen LogP contribution in [-0.4, -0.2) is 23.3 Å². The zero-order chi connectivity index (χ0) is 13.7. The van der Waals surface area contributed by atoms with Crippen LogP contribution in [0, 0.1) is 5.92 Å². The second-order valence-electron chi connectivity index (χ2n) is 5.18. The predicted octanol–water partition coefficient (Wildman–Crippen LogP) is 1.58. The maximum atomic E-state index is 11.7. The number of rotatable bonds is 6. The molecular weight excluding hydrogens is 244 g/mol. The summed E-state index contributed by atoms with van der Waals surface area (Å²) in [6, 6.07) is 9.16. The lowest BCUT2D eigenvalue weighted by Gasteiger charge is -2.28. The van der Waals surface area contributed by atoms with Crippen molar-refractivity contribution in [2.75, 3.05) is 6.61 Å². The van der Waals surface area contributed by atoms with E-state index in [2.05, 4.69) is 10.8 Å². The summed E-state index contributed by atoms with van der Waals surface area (Å²) in [5, 5.41) is 12.1. The standard InChI is InChI=1S/C14H20N2O3/c1-14(10-17,12-7-8-12)15-13(18)16-19-9-11-5-3-2-4-6-11/h2-6,12,17H,7-10H2,1H3,(H2,15,16,18). The Morgan fingerprint density at radius 2 is 2.11 bits per heavy atom. The third-order valence-electron chi connectivity index (χ3n) is 3.45. The highest BCUT2D eigenvalue weighted by atomic mass is 16.7. The van der Waals surface area contributed by atoms with E-state index in [4.69, 9.17) is 4.84 Å². The van der Waals surface area contributed by atoms with Crippen LogP contribution in [0.1, 0.15) is 25.3 Å². The number of amides is 2. The molecule has 5 heteroatoms. The minimum atomic E-state index is -0.555. The molecule has 0 aromatic heterocycles. The number of hydroxylamine groups is 1. The van der Waals surface area contributed by atoms with Crippen LogP contribution in [0.2, 0.25) is 0 Å². The van der Waals surface area contributed by atoms with E-state index in [9.17, 15) is 9.90 Å². The minimum absolute atomic E-state index is 0.0657. The van der Waals surface area contributed by atoms with E-state index in [1.54, 1.807) is 0 Å². The van der Waals surface area contributed by atoms with E-state index in [0.29, 0.717) is 12.5 Å². The van der Waals surface area contributed by atoms with Crippen LogP contribution in [0.25, 0.3) is 0 Å². The average Bonchev–Trinajstić information content (AvgIpc) is 3.24. The van der Waals surface area contributed by atoms with Crippen molar-refractivity contribution in [2.45, 2.75) is 31.9 Å². The molecule has 1 aliphatic rings. The van der Waals surface area contributed by atoms with Crippen LogP contribution in [0.3, 0.4) is 0 Å². The molecule has 0 radical (unpaired) electrons. The molecule has 1 aromatic rings. The summed E-state index contributed by atoms with van der Waals surface area (Å²) in [5.41, 5.74) is 2.77. The molecule has 1 aromatic carbocycles. The Balaban J connectivity index is 1.72. The van der Waals surface area contributed by atoms with Gasteiger partial charge in [-0.2, -0.15) is 0 Å². The van der Waals surface area contributed by atoms with Crippen molar-refractivity contribution in [3.05, 3.63) is 35.9 Å². The number of hydrogen-bond acceptors (Lipinski definition) is 3. The van der Waals surface area contributed by atoms with Crippen molar-refractivity contribution >= 4 is 6.03 Å². The van der Waals surface area contributed by atoms with Crippen molar-refractivity contribution < 1.29 is 14.7 Å². The molecule has 3 N–H and O–H groups in total. The van der Waals surface area contributed by atoms with Crippen LogP contribution >= 0.6 is 0 Å². The number of carbonyl (C=O) groups is 1. The van der Waals surface area contributed by atoms with Gasteiger partial charge in [-0.25, -0.2) is 10.3 Å². The number of urea groups is 1. The minimum Gasteiger partial charge on any atom is -0.394 e. The summed E-state index contributed by atoms with van der Waals surface area (Å²) in [4.78, 5) is 16.8. The van der Waals surface area contributed by atoms with Gasteiger partial charge in [-0.3, -0.25) is 4.84 Å². The van der Waals surface area contributed by atoms with E-state index < -0.39 is 11.6 Å². The van der Waals surface area contributed by atoms with Gasteiger partial charge in [0.25, 0.3) is 0 Å². The van der Waals surface area contributed by atoms with Gasteiger partial charge in [0.05, 0.1) is 18.8 Å². The Labute approximate surface area is 112 Å². The molecule has 1 saturated carbocycles. The zero-order valence-electron chi connectivity index (χ0n) is 11.1. The van der Waals surface area contributed by atoms with Crippen LogP contribution < -0.4 is 10.8 Å². The zero-order valence-corrected chi connectivity index (χ0v) is 11.1. The van der Waals surface area contributed by atoms with Crippen LogP contribution in [-0.2, 0) is 11.4 Å². The molecule has 104 valence electrons. The van der Waals surface area contributed by atoms with E-state index in [0.717, 1.165) is 18.4 Å². The summed E-state index contributed by atoms with van der Waals surface area (Å²) in [7, 11) is 0. The lowest BCUT2D eigenvalue weighted by molar-refractivity contribution is 0.0430. The highest BCUT2D eigenvalue weighted by Gasteiger charge is 2.42. The lowest BCUT2D eigenvalue weighted by Crippen LogP contribution is -2.54. The lowest BCUT2D eigenvalue weighted by atomic mass is 9.97. The van der Waals surface area contributed by atoms with Gasteiger partial charge < -0.3 is 10.4 Å². The molecule has 1 unspecified atom stereocenters. The average molecular weight is 264 g/mol. The van der Waals surface area contributed by atoms with Gasteiger partial charge in [-0.1, -0.05) is 30.3 Å². The SMILES string of the molecule is CC(CO)(NC(=O)NOCc1ccccc1)C1CC1. The van der Waals surface area contributed by atoms with Crippen molar-refractivity contribution in [1.82, 2.24) is 10.8 Å². The molecule has 1 aliphatic carbocycles. The summed E-state index contributed by atoms with van der Waals surface area (Å²) in [5.74, 6) is 0.359. The van der Waals surface area contributed by atoms with E-state index in [-0.39, 0.29) is 6.61 Å². The molecule has 5 nitrogen and oxygen atoms in total. The van der Waals surface area contributed by atoms with Gasteiger partial charge in [0.1, 0.15) is 0 Å². The Bertz CT molecular complexity index is 420. The molecular formula is C14H20N2O3. The van der Waals surface area contributed by atoms with Gasteiger partial charge in [-0.15, -0.1) is 0 Å². The Morgan fingerprint density at radius 1 is 1.42 bits per heavy atom. The fraction of sp³-hybridized carbons (Fsp3) is 0.500. The quantitative estimate of drug-likeness (QED) is 0.683. The molecule has 1 atom stereocenters. The first kappa shape index (κ1) is 13.8. The third-order valence-corrected chi connectivity index (χ3v) is 3.45. The molecule has 0 heterocycles. The topological polar surface area (TPSA) is 70.6 Å². The number of aliphatic hydroxyl groups excluding tert-OH is 1. The van der Waals surface area contributed by atoms with E-state index in [1.165, 1.54) is 0 Å². The van der Waals surface area contributed by atoms with Crippen LogP contribution in [0.15, 0.2) is 30.3 Å². The second-order valence-corrected chi connectivity index (χ2v) is 5.18. The summed E-state index contributed by atoms with van der Waals surface area (Å²) in [6.07, 6.45) is 2.09. The van der Waals surface area contributed by atoms with Crippen molar-refractivity contribution in [3.63, 3.8) is 0 Å². The predicted molar refractivity (Wildman–Crippen MR) is 71.1 cm³/mol. The fourth-order valence-corrected chi connectivity index (χ4v) is 2.04. The number of hydrogen-bond donors (Lipinski definition) is 3. The molecule has 2 amide bonds. The third kappa shape index (κ3) is 3.94. The Morgan fingerprint density at radius 3 is 2.68 bits per heavy atom. The maximum Gasteiger partial charge on any atom is 0.339 e. The molecule has 2 rings (SSSR count). The molecule has 0 spiro atoms. The number of benzene rings is 1. The van der Waals surface area contributed by atoms with Gasteiger partial charge in [-0.05, 0) is 31.2 Å². The first-order valence-electron chi connectivity index (χ1n) is 6.49. The van der Waals surface area contributed by atoms with Crippen molar-refractivity contribution in [2.24, 2.45) is 5.92 Å². The molecule has 0 saturated heterocycles. The highest BCUT2D eigenvalue weighted by Crippen LogP contribution is 2.39. The van der Waals surface area contributed by atoms with E-state index in [1.807, 2.05) is 37.3 Å². The van der Waals surface area contributed by atoms with Gasteiger partial charge in [0.15, 0.2) is 0 Å². The Hall–Kier alpha value is -1.59. The van der Waals surface area contributed by atoms with E-state index >= 15 is 0 Å². The first-order chi connectivity index (χ1) is 9.14. The molecule has 1 fully saturated rings. The van der Waals surface area contributed by atoms with Gasteiger partial charge >= 0.3 is 6.03 Å². The van der Waals surface area contributed by atoms with Crippen LogP contribution in [0.5, 0.6) is 0 Å². The molecule has 0 aliphatic heterocycles. The second kappa shape index (κ2) is 6.04.